The third kappa shape index (κ3) is 6.13. The molecule has 0 heterocycles. The number of aliphatic imine (C=N–C) groups is 1. The molecule has 1 atom stereocenters. The van der Waals surface area contributed by atoms with Gasteiger partial charge in [0.05, 0.1) is 10.7 Å². The maximum Gasteiger partial charge on any atom is 0.150 e. The maximum atomic E-state index is 15.1. The van der Waals surface area contributed by atoms with E-state index in [1.165, 1.54) is 18.2 Å². The topological polar surface area (TPSA) is 12.4 Å². The van der Waals surface area contributed by atoms with Crippen molar-refractivity contribution in [3.8, 4) is 23.7 Å². The molecule has 0 amide bonds. The predicted molar refractivity (Wildman–Crippen MR) is 141 cm³/mol. The number of thiocarbonyl (C=S) groups is 1. The van der Waals surface area contributed by atoms with Gasteiger partial charge in [-0.05, 0) is 97.1 Å². The lowest BCUT2D eigenvalue weighted by Crippen LogP contribution is -2.17. The highest BCUT2D eigenvalue weighted by Gasteiger charge is 2.24. The molecule has 3 aromatic carbocycles. The molecule has 0 radical (unpaired) electrons. The Balaban J connectivity index is 1.49. The number of isothiocyanates is 1. The second-order valence-electron chi connectivity index (χ2n) is 8.88. The molecule has 0 N–H and O–H groups in total. The van der Waals surface area contributed by atoms with Crippen LogP contribution in [-0.2, 0) is 12.8 Å². The number of hydrogen-bond acceptors (Lipinski definition) is 2. The average molecular weight is 500 g/mol. The zero-order chi connectivity index (χ0) is 25.5. The standard InChI is InChI=1S/C31H24F3NS/c1-2-3-4-23-12-14-26-25(17-23)19-28(32)27(31(26)34)15-11-22-7-5-21(6-8-22)9-10-24-13-16-30(35-20-36)29(33)18-24/h5-8,13,16,18-19,23H,2-4,12,14,17H2,1H3. The summed E-state index contributed by atoms with van der Waals surface area (Å²) < 4.78 is 43.8. The van der Waals surface area contributed by atoms with Crippen molar-refractivity contribution in [2.45, 2.75) is 45.4 Å². The highest BCUT2D eigenvalue weighted by molar-refractivity contribution is 7.78. The van der Waals surface area contributed by atoms with Crippen LogP contribution in [0.15, 0.2) is 53.5 Å². The first-order valence-electron chi connectivity index (χ1n) is 12.0. The van der Waals surface area contributed by atoms with E-state index in [0.29, 0.717) is 34.6 Å². The van der Waals surface area contributed by atoms with E-state index in [2.05, 4.69) is 53.0 Å². The lowest BCUT2D eigenvalue weighted by Gasteiger charge is -2.25. The van der Waals surface area contributed by atoms with E-state index in [4.69, 9.17) is 0 Å². The summed E-state index contributed by atoms with van der Waals surface area (Å²) in [5.41, 5.74) is 3.14. The van der Waals surface area contributed by atoms with Gasteiger partial charge in [-0.2, -0.15) is 4.99 Å². The van der Waals surface area contributed by atoms with Crippen LogP contribution in [0.25, 0.3) is 0 Å². The number of unbranched alkanes of at least 4 members (excludes halogenated alkanes) is 1. The lowest BCUT2D eigenvalue weighted by atomic mass is 9.80. The molecule has 36 heavy (non-hydrogen) atoms. The quantitative estimate of drug-likeness (QED) is 0.202. The molecule has 1 aliphatic rings. The Morgan fingerprint density at radius 1 is 0.889 bits per heavy atom. The van der Waals surface area contributed by atoms with Gasteiger partial charge in [0.25, 0.3) is 0 Å². The Labute approximate surface area is 215 Å². The normalized spacial score (nSPS) is 13.9. The Morgan fingerprint density at radius 3 is 2.22 bits per heavy atom. The van der Waals surface area contributed by atoms with Gasteiger partial charge in [-0.25, -0.2) is 13.2 Å². The number of fused-ring (bicyclic) bond motifs is 1. The molecule has 0 bridgehead atoms. The molecule has 0 saturated carbocycles. The zero-order valence-electron chi connectivity index (χ0n) is 19.9. The lowest BCUT2D eigenvalue weighted by molar-refractivity contribution is 0.402. The molecule has 1 nitrogen and oxygen atoms in total. The molecule has 0 aliphatic heterocycles. The summed E-state index contributed by atoms with van der Waals surface area (Å²) in [4.78, 5) is 3.64. The third-order valence-corrected chi connectivity index (χ3v) is 6.46. The second-order valence-corrected chi connectivity index (χ2v) is 9.07. The van der Waals surface area contributed by atoms with E-state index < -0.39 is 17.5 Å². The summed E-state index contributed by atoms with van der Waals surface area (Å²) in [6.45, 7) is 2.16. The largest absolute Gasteiger partial charge is 0.206 e. The molecule has 1 unspecified atom stereocenters. The van der Waals surface area contributed by atoms with Crippen LogP contribution in [-0.4, -0.2) is 5.16 Å². The molecule has 5 heteroatoms. The third-order valence-electron chi connectivity index (χ3n) is 6.37. The number of hydrogen-bond donors (Lipinski definition) is 0. The van der Waals surface area contributed by atoms with Crippen LogP contribution >= 0.6 is 12.2 Å². The van der Waals surface area contributed by atoms with E-state index in [-0.39, 0.29) is 11.3 Å². The van der Waals surface area contributed by atoms with Crippen molar-refractivity contribution < 1.29 is 13.2 Å². The molecule has 0 fully saturated rings. The molecule has 0 saturated heterocycles. The van der Waals surface area contributed by atoms with Crippen molar-refractivity contribution in [1.29, 1.82) is 0 Å². The van der Waals surface area contributed by atoms with Gasteiger partial charge in [-0.1, -0.05) is 49.9 Å². The van der Waals surface area contributed by atoms with Gasteiger partial charge in [0.1, 0.15) is 17.3 Å². The summed E-state index contributed by atoms with van der Waals surface area (Å²) in [5, 5.41) is 2.13. The maximum absolute atomic E-state index is 15.1. The van der Waals surface area contributed by atoms with Crippen molar-refractivity contribution in [2.75, 3.05) is 0 Å². The fourth-order valence-electron chi connectivity index (χ4n) is 4.42. The summed E-state index contributed by atoms with van der Waals surface area (Å²) in [5.74, 6) is 10.2. The van der Waals surface area contributed by atoms with Crippen LogP contribution in [0, 0.1) is 47.1 Å². The molecule has 3 aromatic rings. The van der Waals surface area contributed by atoms with Crippen molar-refractivity contribution in [3.63, 3.8) is 0 Å². The van der Waals surface area contributed by atoms with Gasteiger partial charge in [0, 0.05) is 16.7 Å². The first kappa shape index (κ1) is 25.5. The summed E-state index contributed by atoms with van der Waals surface area (Å²) in [6.07, 6.45) is 5.68. The van der Waals surface area contributed by atoms with Gasteiger partial charge in [0.2, 0.25) is 0 Å². The minimum atomic E-state index is -0.605. The molecule has 180 valence electrons. The van der Waals surface area contributed by atoms with Gasteiger partial charge < -0.3 is 0 Å². The van der Waals surface area contributed by atoms with Crippen LogP contribution in [0.4, 0.5) is 18.9 Å². The van der Waals surface area contributed by atoms with E-state index >= 15 is 4.39 Å². The molecule has 4 rings (SSSR count). The van der Waals surface area contributed by atoms with Crippen molar-refractivity contribution in [2.24, 2.45) is 10.9 Å². The number of benzene rings is 3. The molecule has 0 aromatic heterocycles. The summed E-state index contributed by atoms with van der Waals surface area (Å²) in [6, 6.07) is 12.9. The van der Waals surface area contributed by atoms with Gasteiger partial charge in [-0.3, -0.25) is 0 Å². The average Bonchev–Trinajstić information content (AvgIpc) is 2.88. The first-order chi connectivity index (χ1) is 17.5. The highest BCUT2D eigenvalue weighted by atomic mass is 32.1. The molecule has 0 spiro atoms. The van der Waals surface area contributed by atoms with Crippen molar-refractivity contribution in [1.82, 2.24) is 0 Å². The van der Waals surface area contributed by atoms with E-state index in [1.54, 1.807) is 30.3 Å². The van der Waals surface area contributed by atoms with Crippen molar-refractivity contribution >= 4 is 23.1 Å². The van der Waals surface area contributed by atoms with Crippen LogP contribution in [0.1, 0.15) is 66.0 Å². The second kappa shape index (κ2) is 11.9. The summed E-state index contributed by atoms with van der Waals surface area (Å²) >= 11 is 4.49. The molecular formula is C31H24F3NS. The molecular weight excluding hydrogens is 475 g/mol. The van der Waals surface area contributed by atoms with Crippen LogP contribution in [0.5, 0.6) is 0 Å². The SMILES string of the molecule is CCCCC1CCc2c(cc(F)c(C#Cc3ccc(C#Cc4ccc(N=C=S)c(F)c4)cc3)c2F)C1. The van der Waals surface area contributed by atoms with Crippen LogP contribution < -0.4 is 0 Å². The van der Waals surface area contributed by atoms with Crippen molar-refractivity contribution in [3.05, 3.63) is 99.4 Å². The highest BCUT2D eigenvalue weighted by Crippen LogP contribution is 2.32. The summed E-state index contributed by atoms with van der Waals surface area (Å²) in [7, 11) is 0. The fourth-order valence-corrected chi connectivity index (χ4v) is 4.52. The Kier molecular flexibility index (Phi) is 8.40. The van der Waals surface area contributed by atoms with E-state index in [9.17, 15) is 8.78 Å². The minimum absolute atomic E-state index is 0.112. The monoisotopic (exact) mass is 499 g/mol. The smallest absolute Gasteiger partial charge is 0.150 e. The number of nitrogens with zero attached hydrogens (tertiary/aromatic N) is 1. The van der Waals surface area contributed by atoms with E-state index in [1.807, 2.05) is 0 Å². The molecule has 1 aliphatic carbocycles. The fraction of sp³-hybridized carbons (Fsp3) is 0.258. The zero-order valence-corrected chi connectivity index (χ0v) is 20.7. The van der Waals surface area contributed by atoms with Crippen LogP contribution in [0.3, 0.4) is 0 Å². The minimum Gasteiger partial charge on any atom is -0.206 e. The Hall–Kier alpha value is -3.63. The van der Waals surface area contributed by atoms with Gasteiger partial charge in [0.15, 0.2) is 5.82 Å². The predicted octanol–water partition coefficient (Wildman–Crippen LogP) is 7.93. The first-order valence-corrected chi connectivity index (χ1v) is 12.4. The Bertz CT molecular complexity index is 1450. The van der Waals surface area contributed by atoms with Gasteiger partial charge >= 0.3 is 0 Å². The van der Waals surface area contributed by atoms with E-state index in [0.717, 1.165) is 37.7 Å². The number of halogens is 3. The number of rotatable bonds is 4. The Morgan fingerprint density at radius 2 is 1.56 bits per heavy atom. The van der Waals surface area contributed by atoms with Crippen LogP contribution in [0.2, 0.25) is 0 Å². The van der Waals surface area contributed by atoms with Gasteiger partial charge in [-0.15, -0.1) is 0 Å².